The first kappa shape index (κ1) is 25.5. The molecule has 0 aliphatic rings. The molecule has 176 valence electrons. The lowest BCUT2D eigenvalue weighted by Gasteiger charge is -2.13. The van der Waals surface area contributed by atoms with Gasteiger partial charge in [-0.15, -0.1) is 0 Å². The predicted molar refractivity (Wildman–Crippen MR) is 140 cm³/mol. The summed E-state index contributed by atoms with van der Waals surface area (Å²) in [6.07, 6.45) is 1.54. The van der Waals surface area contributed by atoms with Gasteiger partial charge >= 0.3 is 0 Å². The van der Waals surface area contributed by atoms with E-state index in [1.165, 1.54) is 0 Å². The molecular formula is C26H22Br2O6. The second kappa shape index (κ2) is 11.4. The Balaban J connectivity index is 0.000000192. The van der Waals surface area contributed by atoms with Crippen molar-refractivity contribution in [2.24, 2.45) is 0 Å². The Morgan fingerprint density at radius 2 is 1.32 bits per heavy atom. The maximum Gasteiger partial charge on any atom is 0.150 e. The van der Waals surface area contributed by atoms with Crippen LogP contribution in [0.1, 0.15) is 27.6 Å². The summed E-state index contributed by atoms with van der Waals surface area (Å²) in [6, 6.07) is 14.2. The Morgan fingerprint density at radius 3 is 1.88 bits per heavy atom. The van der Waals surface area contributed by atoms with E-state index in [1.54, 1.807) is 44.6 Å². The zero-order valence-corrected chi connectivity index (χ0v) is 21.9. The van der Waals surface area contributed by atoms with Gasteiger partial charge in [0.05, 0.1) is 29.8 Å². The maximum absolute atomic E-state index is 11.2. The number of hydrogen-bond acceptors (Lipinski definition) is 6. The molecule has 4 rings (SSSR count). The average Bonchev–Trinajstić information content (AvgIpc) is 2.86. The largest absolute Gasteiger partial charge is 0.506 e. The Hall–Kier alpha value is -3.10. The first-order valence-electron chi connectivity index (χ1n) is 10.2. The number of methoxy groups -OCH3 is 2. The zero-order chi connectivity index (χ0) is 24.8. The molecular weight excluding hydrogens is 568 g/mol. The standard InChI is InChI=1S/C14H13BrO3.C12H9BrO3/c1-3-18-12-7-4-9(8-16)13-10(12)5-6-11(15)14(13)17-2;1-16-10-5-2-7(6-14)11-8(10)3-4-9(13)12(11)15/h4-8H,3H2,1-2H3;2-6,15H,1H3. The fourth-order valence-corrected chi connectivity index (χ4v) is 4.47. The number of fused-ring (bicyclic) bond motifs is 2. The van der Waals surface area contributed by atoms with Crippen molar-refractivity contribution >= 4 is 66.0 Å². The van der Waals surface area contributed by atoms with Gasteiger partial charge in [0.15, 0.2) is 12.6 Å². The van der Waals surface area contributed by atoms with E-state index in [4.69, 9.17) is 14.2 Å². The molecule has 0 saturated carbocycles. The summed E-state index contributed by atoms with van der Waals surface area (Å²) in [4.78, 5) is 22.1. The van der Waals surface area contributed by atoms with E-state index in [1.807, 2.05) is 25.1 Å². The van der Waals surface area contributed by atoms with Crippen LogP contribution in [0.2, 0.25) is 0 Å². The minimum absolute atomic E-state index is 0.0542. The van der Waals surface area contributed by atoms with Crippen LogP contribution in [0.4, 0.5) is 0 Å². The monoisotopic (exact) mass is 588 g/mol. The van der Waals surface area contributed by atoms with Crippen molar-refractivity contribution in [1.82, 2.24) is 0 Å². The Morgan fingerprint density at radius 1 is 0.765 bits per heavy atom. The summed E-state index contributed by atoms with van der Waals surface area (Å²) in [5.41, 5.74) is 1.03. The lowest BCUT2D eigenvalue weighted by Crippen LogP contribution is -1.96. The van der Waals surface area contributed by atoms with E-state index < -0.39 is 0 Å². The number of carbonyl (C=O) groups is 2. The Bertz CT molecular complexity index is 1370. The first-order chi connectivity index (χ1) is 16.4. The van der Waals surface area contributed by atoms with Gasteiger partial charge in [0.25, 0.3) is 0 Å². The number of ether oxygens (including phenoxy) is 3. The summed E-state index contributed by atoms with van der Waals surface area (Å²) in [5, 5.41) is 12.8. The third-order valence-electron chi connectivity index (χ3n) is 5.15. The molecule has 0 spiro atoms. The number of phenolic OH excluding ortho intramolecular Hbond substituents is 1. The van der Waals surface area contributed by atoms with E-state index in [0.717, 1.165) is 27.3 Å². The van der Waals surface area contributed by atoms with Crippen LogP contribution < -0.4 is 14.2 Å². The zero-order valence-electron chi connectivity index (χ0n) is 18.7. The number of aldehydes is 2. The van der Waals surface area contributed by atoms with Crippen molar-refractivity contribution in [3.8, 4) is 23.0 Å². The van der Waals surface area contributed by atoms with Crippen LogP contribution in [0, 0.1) is 0 Å². The molecule has 0 unspecified atom stereocenters. The van der Waals surface area contributed by atoms with Crippen LogP contribution in [0.3, 0.4) is 0 Å². The van der Waals surface area contributed by atoms with Crippen LogP contribution in [0.25, 0.3) is 21.5 Å². The Labute approximate surface area is 213 Å². The number of benzene rings is 4. The molecule has 0 bridgehead atoms. The molecule has 0 amide bonds. The van der Waals surface area contributed by atoms with Gasteiger partial charge in [-0.1, -0.05) is 0 Å². The molecule has 4 aromatic rings. The van der Waals surface area contributed by atoms with Gasteiger partial charge in [0.2, 0.25) is 0 Å². The summed E-state index contributed by atoms with van der Waals surface area (Å²) < 4.78 is 17.5. The van der Waals surface area contributed by atoms with Crippen molar-refractivity contribution in [1.29, 1.82) is 0 Å². The molecule has 0 fully saturated rings. The molecule has 34 heavy (non-hydrogen) atoms. The highest BCUT2D eigenvalue weighted by Gasteiger charge is 2.14. The van der Waals surface area contributed by atoms with Crippen LogP contribution in [-0.4, -0.2) is 38.5 Å². The molecule has 0 saturated heterocycles. The van der Waals surface area contributed by atoms with E-state index in [-0.39, 0.29) is 5.75 Å². The maximum atomic E-state index is 11.2. The van der Waals surface area contributed by atoms with Crippen molar-refractivity contribution in [3.63, 3.8) is 0 Å². The quantitative estimate of drug-likeness (QED) is 0.245. The van der Waals surface area contributed by atoms with E-state index in [2.05, 4.69) is 31.9 Å². The van der Waals surface area contributed by atoms with Gasteiger partial charge in [0, 0.05) is 32.7 Å². The summed E-state index contributed by atoms with van der Waals surface area (Å²) in [6.45, 7) is 2.50. The molecule has 0 atom stereocenters. The predicted octanol–water partition coefficient (Wildman–Crippen LogP) is 6.95. The molecule has 8 heteroatoms. The lowest BCUT2D eigenvalue weighted by atomic mass is 10.0. The minimum atomic E-state index is 0.0542. The molecule has 0 aliphatic carbocycles. The van der Waals surface area contributed by atoms with Crippen molar-refractivity contribution in [2.75, 3.05) is 20.8 Å². The van der Waals surface area contributed by atoms with E-state index >= 15 is 0 Å². The van der Waals surface area contributed by atoms with E-state index in [0.29, 0.717) is 50.8 Å². The first-order valence-corrected chi connectivity index (χ1v) is 11.8. The smallest absolute Gasteiger partial charge is 0.150 e. The highest BCUT2D eigenvalue weighted by molar-refractivity contribution is 9.11. The topological polar surface area (TPSA) is 82.1 Å². The number of halogens is 2. The molecule has 1 N–H and O–H groups in total. The molecule has 0 aliphatic heterocycles. The third-order valence-corrected chi connectivity index (χ3v) is 6.42. The second-order valence-electron chi connectivity index (χ2n) is 7.00. The van der Waals surface area contributed by atoms with Gasteiger partial charge in [-0.25, -0.2) is 0 Å². The van der Waals surface area contributed by atoms with Crippen molar-refractivity contribution in [2.45, 2.75) is 6.92 Å². The molecule has 0 radical (unpaired) electrons. The lowest BCUT2D eigenvalue weighted by molar-refractivity contribution is 0.111. The molecule has 4 aromatic carbocycles. The van der Waals surface area contributed by atoms with Crippen LogP contribution >= 0.6 is 31.9 Å². The van der Waals surface area contributed by atoms with Crippen molar-refractivity contribution in [3.05, 3.63) is 68.6 Å². The van der Waals surface area contributed by atoms with E-state index in [9.17, 15) is 14.7 Å². The summed E-state index contributed by atoms with van der Waals surface area (Å²) in [5.74, 6) is 2.09. The van der Waals surface area contributed by atoms with Crippen LogP contribution in [0.5, 0.6) is 23.0 Å². The fourth-order valence-electron chi connectivity index (χ4n) is 3.64. The third kappa shape index (κ3) is 4.88. The van der Waals surface area contributed by atoms with Gasteiger partial charge in [-0.2, -0.15) is 0 Å². The number of hydrogen-bond donors (Lipinski definition) is 1. The van der Waals surface area contributed by atoms with Gasteiger partial charge in [-0.3, -0.25) is 9.59 Å². The SMILES string of the molecule is CCOc1ccc(C=O)c2c(OC)c(Br)ccc12.COc1ccc(C=O)c2c(O)c(Br)ccc12. The van der Waals surface area contributed by atoms with Gasteiger partial charge in [0.1, 0.15) is 23.0 Å². The molecule has 6 nitrogen and oxygen atoms in total. The summed E-state index contributed by atoms with van der Waals surface area (Å²) >= 11 is 6.64. The highest BCUT2D eigenvalue weighted by atomic mass is 79.9. The van der Waals surface area contributed by atoms with Gasteiger partial charge < -0.3 is 19.3 Å². The highest BCUT2D eigenvalue weighted by Crippen LogP contribution is 2.40. The fraction of sp³-hybridized carbons (Fsp3) is 0.154. The van der Waals surface area contributed by atoms with Crippen LogP contribution in [-0.2, 0) is 0 Å². The average molecular weight is 590 g/mol. The molecule has 0 aromatic heterocycles. The second-order valence-corrected chi connectivity index (χ2v) is 8.71. The number of carbonyl (C=O) groups excluding carboxylic acids is 2. The Kier molecular flexibility index (Phi) is 8.52. The normalized spacial score (nSPS) is 10.4. The summed E-state index contributed by atoms with van der Waals surface area (Å²) in [7, 11) is 3.13. The number of aromatic hydroxyl groups is 1. The molecule has 0 heterocycles. The number of phenols is 1. The number of rotatable bonds is 6. The minimum Gasteiger partial charge on any atom is -0.506 e. The van der Waals surface area contributed by atoms with Crippen LogP contribution in [0.15, 0.2) is 57.5 Å². The van der Waals surface area contributed by atoms with Crippen molar-refractivity contribution < 1.29 is 28.9 Å². The van der Waals surface area contributed by atoms with Gasteiger partial charge in [-0.05, 0) is 87.3 Å².